The monoisotopic (exact) mass is 272 g/mol. The maximum atomic E-state index is 13.3. The molecule has 5 heteroatoms. The first-order valence-electron chi connectivity index (χ1n) is 5.95. The number of phenols is 1. The number of nitrogens with one attached hydrogen (secondary N) is 1. The molecule has 0 spiro atoms. The second-order valence-corrected chi connectivity index (χ2v) is 4.24. The molecule has 2 aromatic carbocycles. The van der Waals surface area contributed by atoms with Crippen molar-refractivity contribution in [2.45, 2.75) is 6.92 Å². The highest BCUT2D eigenvalue weighted by Crippen LogP contribution is 2.16. The van der Waals surface area contributed by atoms with E-state index in [1.165, 1.54) is 24.4 Å². The second kappa shape index (κ2) is 5.97. The highest BCUT2D eigenvalue weighted by atomic mass is 19.1. The van der Waals surface area contributed by atoms with Gasteiger partial charge in [-0.25, -0.2) is 9.82 Å². The van der Waals surface area contributed by atoms with Gasteiger partial charge in [0.2, 0.25) is 0 Å². The number of phenolic OH excluding ortho intramolecular Hbond substituents is 1. The first kappa shape index (κ1) is 13.7. The minimum Gasteiger partial charge on any atom is -0.507 e. The van der Waals surface area contributed by atoms with E-state index in [0.717, 1.165) is 5.56 Å². The van der Waals surface area contributed by atoms with E-state index in [2.05, 4.69) is 10.5 Å². The van der Waals surface area contributed by atoms with Crippen molar-refractivity contribution in [3.05, 3.63) is 65.0 Å². The lowest BCUT2D eigenvalue weighted by Gasteiger charge is -2.02. The molecule has 1 amide bonds. The zero-order valence-corrected chi connectivity index (χ0v) is 10.8. The van der Waals surface area contributed by atoms with Crippen molar-refractivity contribution < 1.29 is 14.3 Å². The van der Waals surface area contributed by atoms with Crippen molar-refractivity contribution in [1.29, 1.82) is 0 Å². The average molecular weight is 272 g/mol. The van der Waals surface area contributed by atoms with Crippen molar-refractivity contribution in [3.63, 3.8) is 0 Å². The van der Waals surface area contributed by atoms with Gasteiger partial charge in [-0.05, 0) is 36.8 Å². The second-order valence-electron chi connectivity index (χ2n) is 4.24. The van der Waals surface area contributed by atoms with Crippen LogP contribution in [0.25, 0.3) is 0 Å². The van der Waals surface area contributed by atoms with E-state index in [-0.39, 0.29) is 11.3 Å². The molecule has 0 atom stereocenters. The third kappa shape index (κ3) is 3.20. The number of aromatic hydroxyl groups is 1. The van der Waals surface area contributed by atoms with E-state index in [1.54, 1.807) is 24.3 Å². The molecule has 0 radical (unpaired) electrons. The first-order chi connectivity index (χ1) is 9.58. The predicted molar refractivity (Wildman–Crippen MR) is 74.3 cm³/mol. The number of nitrogens with zero attached hydrogens (tertiary/aromatic N) is 1. The molecular weight excluding hydrogens is 259 g/mol. The molecule has 0 saturated heterocycles. The van der Waals surface area contributed by atoms with Crippen molar-refractivity contribution in [1.82, 2.24) is 5.43 Å². The normalized spacial score (nSPS) is 10.7. The number of benzene rings is 2. The van der Waals surface area contributed by atoms with E-state index in [1.807, 2.05) is 6.92 Å². The fourth-order valence-corrected chi connectivity index (χ4v) is 1.63. The lowest BCUT2D eigenvalue weighted by Crippen LogP contribution is -2.18. The summed E-state index contributed by atoms with van der Waals surface area (Å²) in [7, 11) is 0. The summed E-state index contributed by atoms with van der Waals surface area (Å²) in [6.07, 6.45) is 1.30. The smallest absolute Gasteiger partial charge is 0.274 e. The van der Waals surface area contributed by atoms with Crippen molar-refractivity contribution in [2.75, 3.05) is 0 Å². The van der Waals surface area contributed by atoms with E-state index < -0.39 is 11.7 Å². The third-order valence-electron chi connectivity index (χ3n) is 2.67. The number of carbonyl (C=O) groups excluding carboxylic acids is 1. The summed E-state index contributed by atoms with van der Waals surface area (Å²) in [4.78, 5) is 11.7. The maximum absolute atomic E-state index is 13.3. The molecule has 0 aliphatic rings. The Morgan fingerprint density at radius 1 is 1.30 bits per heavy atom. The van der Waals surface area contributed by atoms with Gasteiger partial charge in [0.15, 0.2) is 0 Å². The largest absolute Gasteiger partial charge is 0.507 e. The first-order valence-corrected chi connectivity index (χ1v) is 5.95. The number of halogens is 1. The van der Waals surface area contributed by atoms with Crippen LogP contribution in [0.2, 0.25) is 0 Å². The number of hydrazone groups is 1. The van der Waals surface area contributed by atoms with E-state index >= 15 is 0 Å². The highest BCUT2D eigenvalue weighted by Gasteiger charge is 2.09. The van der Waals surface area contributed by atoms with Gasteiger partial charge in [-0.2, -0.15) is 5.10 Å². The lowest BCUT2D eigenvalue weighted by molar-refractivity contribution is 0.0951. The van der Waals surface area contributed by atoms with Crippen LogP contribution in [-0.4, -0.2) is 17.2 Å². The minimum atomic E-state index is -0.647. The molecule has 0 saturated carbocycles. The van der Waals surface area contributed by atoms with Gasteiger partial charge in [0.25, 0.3) is 5.91 Å². The van der Waals surface area contributed by atoms with Gasteiger partial charge in [0.05, 0.1) is 11.8 Å². The molecule has 102 valence electrons. The van der Waals surface area contributed by atoms with Crippen LogP contribution in [0.4, 0.5) is 4.39 Å². The molecule has 0 aliphatic heterocycles. The summed E-state index contributed by atoms with van der Waals surface area (Å²) in [6, 6.07) is 10.7. The van der Waals surface area contributed by atoms with Crippen LogP contribution in [-0.2, 0) is 0 Å². The Bertz CT molecular complexity index is 669. The molecule has 0 fully saturated rings. The van der Waals surface area contributed by atoms with Crippen molar-refractivity contribution in [2.24, 2.45) is 5.10 Å². The number of amides is 1. The highest BCUT2D eigenvalue weighted by molar-refractivity contribution is 5.95. The quantitative estimate of drug-likeness (QED) is 0.666. The topological polar surface area (TPSA) is 61.7 Å². The van der Waals surface area contributed by atoms with Gasteiger partial charge in [-0.15, -0.1) is 0 Å². The predicted octanol–water partition coefficient (Wildman–Crippen LogP) is 2.60. The zero-order chi connectivity index (χ0) is 14.5. The Labute approximate surface area is 115 Å². The van der Waals surface area contributed by atoms with E-state index in [0.29, 0.717) is 5.56 Å². The van der Waals surface area contributed by atoms with Crippen LogP contribution in [0, 0.1) is 12.7 Å². The number of carbonyl (C=O) groups is 1. The Morgan fingerprint density at radius 3 is 2.75 bits per heavy atom. The Kier molecular flexibility index (Phi) is 4.10. The fourth-order valence-electron chi connectivity index (χ4n) is 1.63. The van der Waals surface area contributed by atoms with Gasteiger partial charge in [-0.3, -0.25) is 4.79 Å². The van der Waals surface area contributed by atoms with E-state index in [4.69, 9.17) is 0 Å². The Hall–Kier alpha value is -2.69. The number of rotatable bonds is 3. The van der Waals surface area contributed by atoms with Crippen LogP contribution >= 0.6 is 0 Å². The SMILES string of the molecule is Cc1ccc(/C=N\NC(=O)c2ccccc2F)c(O)c1. The van der Waals surface area contributed by atoms with Gasteiger partial charge in [0, 0.05) is 5.56 Å². The third-order valence-corrected chi connectivity index (χ3v) is 2.67. The molecule has 2 aromatic rings. The minimum absolute atomic E-state index is 0.0638. The molecule has 0 bridgehead atoms. The maximum Gasteiger partial charge on any atom is 0.274 e. The van der Waals surface area contributed by atoms with Crippen molar-refractivity contribution in [3.8, 4) is 5.75 Å². The summed E-state index contributed by atoms with van der Waals surface area (Å²) < 4.78 is 13.3. The summed E-state index contributed by atoms with van der Waals surface area (Å²) in [5.74, 6) is -1.20. The van der Waals surface area contributed by atoms with Gasteiger partial charge in [0.1, 0.15) is 11.6 Å². The molecule has 20 heavy (non-hydrogen) atoms. The number of aryl methyl sites for hydroxylation is 1. The summed E-state index contributed by atoms with van der Waals surface area (Å²) in [5, 5.41) is 13.4. The summed E-state index contributed by atoms with van der Waals surface area (Å²) in [5.41, 5.74) is 3.50. The van der Waals surface area contributed by atoms with Crippen LogP contribution < -0.4 is 5.43 Å². The Morgan fingerprint density at radius 2 is 2.05 bits per heavy atom. The molecule has 4 nitrogen and oxygen atoms in total. The van der Waals surface area contributed by atoms with Crippen LogP contribution in [0.1, 0.15) is 21.5 Å². The molecule has 0 unspecified atom stereocenters. The van der Waals surface area contributed by atoms with Crippen LogP contribution in [0.5, 0.6) is 5.75 Å². The summed E-state index contributed by atoms with van der Waals surface area (Å²) >= 11 is 0. The van der Waals surface area contributed by atoms with Crippen LogP contribution in [0.3, 0.4) is 0 Å². The Balaban J connectivity index is 2.07. The van der Waals surface area contributed by atoms with Gasteiger partial charge >= 0.3 is 0 Å². The van der Waals surface area contributed by atoms with Crippen molar-refractivity contribution >= 4 is 12.1 Å². The fraction of sp³-hybridized carbons (Fsp3) is 0.0667. The number of hydrogen-bond donors (Lipinski definition) is 2. The molecule has 0 aromatic heterocycles. The van der Waals surface area contributed by atoms with Crippen LogP contribution in [0.15, 0.2) is 47.6 Å². The standard InChI is InChI=1S/C15H13FN2O2/c1-10-6-7-11(14(19)8-10)9-17-18-15(20)12-4-2-3-5-13(12)16/h2-9,19H,1H3,(H,18,20)/b17-9-. The van der Waals surface area contributed by atoms with Gasteiger partial charge in [-0.1, -0.05) is 18.2 Å². The lowest BCUT2D eigenvalue weighted by atomic mass is 10.1. The average Bonchev–Trinajstić information content (AvgIpc) is 2.41. The molecule has 2 rings (SSSR count). The molecular formula is C15H13FN2O2. The van der Waals surface area contributed by atoms with E-state index in [9.17, 15) is 14.3 Å². The summed E-state index contributed by atoms with van der Waals surface area (Å²) in [6.45, 7) is 1.85. The molecule has 2 N–H and O–H groups in total. The molecule has 0 heterocycles. The number of hydrogen-bond acceptors (Lipinski definition) is 3. The van der Waals surface area contributed by atoms with Gasteiger partial charge < -0.3 is 5.11 Å². The zero-order valence-electron chi connectivity index (χ0n) is 10.8. The molecule has 0 aliphatic carbocycles.